The summed E-state index contributed by atoms with van der Waals surface area (Å²) in [5, 5.41) is 11.1. The van der Waals surface area contributed by atoms with Gasteiger partial charge in [-0.1, -0.05) is 6.07 Å². The number of carbonyl (C=O) groups excluding carboxylic acids is 2. The lowest BCUT2D eigenvalue weighted by Crippen LogP contribution is -2.19. The number of benzene rings is 1. The maximum Gasteiger partial charge on any atom is 0.419 e. The summed E-state index contributed by atoms with van der Waals surface area (Å²) in [5.74, 6) is -0.606. The summed E-state index contributed by atoms with van der Waals surface area (Å²) < 4.78 is 4.58. The minimum Gasteiger partial charge on any atom is -0.376 e. The van der Waals surface area contributed by atoms with E-state index in [0.717, 1.165) is 12.8 Å². The summed E-state index contributed by atoms with van der Waals surface area (Å²) in [6, 6.07) is 8.32. The summed E-state index contributed by atoms with van der Waals surface area (Å²) >= 11 is 0. The van der Waals surface area contributed by atoms with Crippen molar-refractivity contribution in [2.45, 2.75) is 12.8 Å². The lowest BCUT2D eigenvalue weighted by atomic mass is 10.2. The molecule has 1 amide bonds. The highest BCUT2D eigenvalue weighted by Crippen LogP contribution is 2.30. The number of hydrogen-bond donors (Lipinski definition) is 1. The van der Waals surface area contributed by atoms with E-state index >= 15 is 0 Å². The lowest BCUT2D eigenvalue weighted by molar-refractivity contribution is -0.138. The van der Waals surface area contributed by atoms with E-state index in [9.17, 15) is 9.59 Å². The highest BCUT2D eigenvalue weighted by atomic mass is 16.6. The molecule has 1 aliphatic carbocycles. The Morgan fingerprint density at radius 1 is 1.41 bits per heavy atom. The minimum atomic E-state index is -0.808. The molecule has 0 saturated heterocycles. The van der Waals surface area contributed by atoms with Gasteiger partial charge >= 0.3 is 12.1 Å². The zero-order valence-corrected chi connectivity index (χ0v) is 8.97. The van der Waals surface area contributed by atoms with Crippen LogP contribution in [-0.2, 0) is 9.53 Å². The number of carbonyl (C=O) groups is 2. The molecule has 0 atom stereocenters. The van der Waals surface area contributed by atoms with E-state index in [1.54, 1.807) is 18.2 Å². The van der Waals surface area contributed by atoms with Crippen molar-refractivity contribution >= 4 is 17.7 Å². The smallest absolute Gasteiger partial charge is 0.376 e. The summed E-state index contributed by atoms with van der Waals surface area (Å²) in [7, 11) is 0. The first kappa shape index (κ1) is 11.1. The van der Waals surface area contributed by atoms with Crippen LogP contribution in [0.1, 0.15) is 18.4 Å². The third-order valence-corrected chi connectivity index (χ3v) is 2.34. The molecule has 1 aromatic rings. The van der Waals surface area contributed by atoms with Gasteiger partial charge in [0, 0.05) is 5.69 Å². The molecule has 5 heteroatoms. The molecular formula is C12H10N2O3. The second-order valence-corrected chi connectivity index (χ2v) is 3.80. The minimum absolute atomic E-state index is 0.119. The molecule has 1 saturated carbocycles. The fourth-order valence-electron chi connectivity index (χ4n) is 1.30. The fraction of sp³-hybridized carbons (Fsp3) is 0.250. The average molecular weight is 230 g/mol. The molecule has 0 aliphatic heterocycles. The van der Waals surface area contributed by atoms with E-state index in [1.165, 1.54) is 6.07 Å². The molecule has 86 valence electrons. The quantitative estimate of drug-likeness (QED) is 0.622. The molecule has 0 spiro atoms. The monoisotopic (exact) mass is 230 g/mol. The van der Waals surface area contributed by atoms with Gasteiger partial charge in [0.2, 0.25) is 0 Å². The Kier molecular flexibility index (Phi) is 3.06. The molecule has 2 rings (SSSR count). The Labute approximate surface area is 98.0 Å². The normalized spacial score (nSPS) is 13.6. The number of hydrogen-bond acceptors (Lipinski definition) is 4. The number of esters is 1. The van der Waals surface area contributed by atoms with Crippen molar-refractivity contribution in [1.82, 2.24) is 0 Å². The maximum atomic E-state index is 11.3. The van der Waals surface area contributed by atoms with E-state index < -0.39 is 12.1 Å². The molecule has 0 heterocycles. The predicted octanol–water partition coefficient (Wildman–Crippen LogP) is 2.04. The topological polar surface area (TPSA) is 79.2 Å². The van der Waals surface area contributed by atoms with Crippen LogP contribution in [0, 0.1) is 17.2 Å². The molecule has 0 unspecified atom stereocenters. The van der Waals surface area contributed by atoms with E-state index in [2.05, 4.69) is 10.1 Å². The zero-order valence-electron chi connectivity index (χ0n) is 8.97. The van der Waals surface area contributed by atoms with Gasteiger partial charge in [0.1, 0.15) is 0 Å². The van der Waals surface area contributed by atoms with E-state index in [1.807, 2.05) is 6.07 Å². The van der Waals surface area contributed by atoms with Crippen molar-refractivity contribution in [2.75, 3.05) is 5.32 Å². The van der Waals surface area contributed by atoms with Crippen LogP contribution in [-0.4, -0.2) is 12.1 Å². The highest BCUT2D eigenvalue weighted by molar-refractivity contribution is 5.94. The molecule has 0 radical (unpaired) electrons. The Morgan fingerprint density at radius 3 is 2.82 bits per heavy atom. The molecular weight excluding hydrogens is 220 g/mol. The lowest BCUT2D eigenvalue weighted by Gasteiger charge is -2.04. The van der Waals surface area contributed by atoms with Gasteiger partial charge in [-0.05, 0) is 31.0 Å². The first-order valence-corrected chi connectivity index (χ1v) is 5.22. The molecule has 1 aromatic carbocycles. The predicted molar refractivity (Wildman–Crippen MR) is 59.0 cm³/mol. The molecule has 0 aromatic heterocycles. The third kappa shape index (κ3) is 3.05. The van der Waals surface area contributed by atoms with Gasteiger partial charge < -0.3 is 4.74 Å². The standard InChI is InChI=1S/C12H10N2O3/c13-7-8-2-1-3-10(6-8)14-12(16)17-11(15)9-4-5-9/h1-3,6,9H,4-5H2,(H,14,16). The number of anilines is 1. The molecule has 1 fully saturated rings. The second kappa shape index (κ2) is 4.66. The van der Waals surface area contributed by atoms with Crippen molar-refractivity contribution in [3.63, 3.8) is 0 Å². The molecule has 1 N–H and O–H groups in total. The van der Waals surface area contributed by atoms with Crippen molar-refractivity contribution in [3.05, 3.63) is 29.8 Å². The summed E-state index contributed by atoms with van der Waals surface area (Å²) in [5.41, 5.74) is 0.856. The van der Waals surface area contributed by atoms with Crippen LogP contribution in [0.4, 0.5) is 10.5 Å². The largest absolute Gasteiger partial charge is 0.419 e. The molecule has 1 aliphatic rings. The number of rotatable bonds is 2. The summed E-state index contributed by atoms with van der Waals surface area (Å²) in [6.45, 7) is 0. The highest BCUT2D eigenvalue weighted by Gasteiger charge is 2.32. The number of nitrogens with zero attached hydrogens (tertiary/aromatic N) is 1. The SMILES string of the molecule is N#Cc1cccc(NC(=O)OC(=O)C2CC2)c1. The summed E-state index contributed by atoms with van der Waals surface area (Å²) in [4.78, 5) is 22.5. The summed E-state index contributed by atoms with van der Waals surface area (Å²) in [6.07, 6.45) is 0.767. The molecule has 0 bridgehead atoms. The fourth-order valence-corrected chi connectivity index (χ4v) is 1.30. The number of nitriles is 1. The van der Waals surface area contributed by atoms with Crippen LogP contribution in [0.15, 0.2) is 24.3 Å². The van der Waals surface area contributed by atoms with Crippen LogP contribution < -0.4 is 5.32 Å². The van der Waals surface area contributed by atoms with Crippen molar-refractivity contribution in [1.29, 1.82) is 5.26 Å². The van der Waals surface area contributed by atoms with Crippen LogP contribution in [0.5, 0.6) is 0 Å². The van der Waals surface area contributed by atoms with E-state index in [-0.39, 0.29) is 5.92 Å². The van der Waals surface area contributed by atoms with Gasteiger partial charge in [-0.3, -0.25) is 10.1 Å². The van der Waals surface area contributed by atoms with Gasteiger partial charge in [-0.25, -0.2) is 4.79 Å². The van der Waals surface area contributed by atoms with Crippen LogP contribution in [0.3, 0.4) is 0 Å². The van der Waals surface area contributed by atoms with Crippen LogP contribution >= 0.6 is 0 Å². The van der Waals surface area contributed by atoms with E-state index in [4.69, 9.17) is 5.26 Å². The Morgan fingerprint density at radius 2 is 2.18 bits per heavy atom. The Bertz CT molecular complexity index is 501. The van der Waals surface area contributed by atoms with Crippen molar-refractivity contribution < 1.29 is 14.3 Å². The number of amides is 1. The first-order chi connectivity index (χ1) is 8.19. The van der Waals surface area contributed by atoms with Gasteiger partial charge in [0.05, 0.1) is 17.6 Å². The average Bonchev–Trinajstić information content (AvgIpc) is 3.12. The van der Waals surface area contributed by atoms with Gasteiger partial charge in [-0.2, -0.15) is 5.26 Å². The van der Waals surface area contributed by atoms with Crippen LogP contribution in [0.2, 0.25) is 0 Å². The van der Waals surface area contributed by atoms with Gasteiger partial charge in [-0.15, -0.1) is 0 Å². The second-order valence-electron chi connectivity index (χ2n) is 3.80. The number of ether oxygens (including phenoxy) is 1. The van der Waals surface area contributed by atoms with Gasteiger partial charge in [0.25, 0.3) is 0 Å². The zero-order chi connectivity index (χ0) is 12.3. The van der Waals surface area contributed by atoms with Crippen molar-refractivity contribution in [3.8, 4) is 6.07 Å². The van der Waals surface area contributed by atoms with Crippen LogP contribution in [0.25, 0.3) is 0 Å². The third-order valence-electron chi connectivity index (χ3n) is 2.34. The Hall–Kier alpha value is -2.35. The Balaban J connectivity index is 1.93. The molecule has 5 nitrogen and oxygen atoms in total. The van der Waals surface area contributed by atoms with Crippen molar-refractivity contribution in [2.24, 2.45) is 5.92 Å². The first-order valence-electron chi connectivity index (χ1n) is 5.22. The maximum absolute atomic E-state index is 11.3. The van der Waals surface area contributed by atoms with Gasteiger partial charge in [0.15, 0.2) is 0 Å². The number of nitrogens with one attached hydrogen (secondary N) is 1. The molecule has 17 heavy (non-hydrogen) atoms. The van der Waals surface area contributed by atoms with E-state index in [0.29, 0.717) is 11.3 Å².